The second-order valence-electron chi connectivity index (χ2n) is 7.70. The van der Waals surface area contributed by atoms with Crippen molar-refractivity contribution >= 4 is 6.09 Å². The molecule has 6 nitrogen and oxygen atoms in total. The van der Waals surface area contributed by atoms with Crippen LogP contribution < -0.4 is 5.32 Å². The Bertz CT molecular complexity index is 394. The van der Waals surface area contributed by atoms with Crippen LogP contribution in [0.4, 0.5) is 4.79 Å². The molecule has 2 unspecified atom stereocenters. The van der Waals surface area contributed by atoms with Crippen molar-refractivity contribution in [1.82, 2.24) is 15.1 Å². The normalized spacial score (nSPS) is 33.0. The Labute approximate surface area is 133 Å². The highest BCUT2D eigenvalue weighted by atomic mass is 16.6. The first-order chi connectivity index (χ1) is 10.4. The number of fused-ring (bicyclic) bond motifs is 2. The third kappa shape index (κ3) is 3.73. The van der Waals surface area contributed by atoms with Gasteiger partial charge in [-0.05, 0) is 33.6 Å². The van der Waals surface area contributed by atoms with E-state index in [1.165, 1.54) is 12.8 Å². The molecule has 0 aromatic rings. The van der Waals surface area contributed by atoms with Crippen LogP contribution in [0.1, 0.15) is 33.6 Å². The van der Waals surface area contributed by atoms with E-state index in [0.717, 1.165) is 39.4 Å². The molecule has 0 radical (unpaired) electrons. The predicted octanol–water partition coefficient (Wildman–Crippen LogP) is 1.06. The highest BCUT2D eigenvalue weighted by Crippen LogP contribution is 2.28. The highest BCUT2D eigenvalue weighted by molar-refractivity contribution is 5.68. The van der Waals surface area contributed by atoms with E-state index in [9.17, 15) is 4.79 Å². The lowest BCUT2D eigenvalue weighted by Crippen LogP contribution is -2.59. The summed E-state index contributed by atoms with van der Waals surface area (Å²) in [6.45, 7) is 10.7. The van der Waals surface area contributed by atoms with Gasteiger partial charge in [0.25, 0.3) is 0 Å². The summed E-state index contributed by atoms with van der Waals surface area (Å²) in [5, 5.41) is 3.55. The van der Waals surface area contributed by atoms with Crippen molar-refractivity contribution in [3.8, 4) is 0 Å². The SMILES string of the molecule is CC(C)(C)OC(=O)N1CCN[C@@H](CN2C3CCC2COC3)C1. The number of rotatable bonds is 2. The zero-order valence-corrected chi connectivity index (χ0v) is 14.0. The minimum absolute atomic E-state index is 0.191. The summed E-state index contributed by atoms with van der Waals surface area (Å²) in [6.07, 6.45) is 2.30. The zero-order chi connectivity index (χ0) is 15.7. The van der Waals surface area contributed by atoms with E-state index in [0.29, 0.717) is 18.1 Å². The third-order valence-electron chi connectivity index (χ3n) is 4.73. The van der Waals surface area contributed by atoms with Crippen LogP contribution >= 0.6 is 0 Å². The van der Waals surface area contributed by atoms with Gasteiger partial charge in [0.15, 0.2) is 0 Å². The standard InChI is InChI=1S/C16H29N3O3/c1-16(2,3)22-15(20)18-7-6-17-12(8-18)9-19-13-4-5-14(19)11-21-10-13/h12-14,17H,4-11H2,1-3H3/t12-,13?,14?/m1/s1. The molecule has 3 heterocycles. The first-order valence-electron chi connectivity index (χ1n) is 8.47. The number of carbonyl (C=O) groups is 1. The fourth-order valence-corrected chi connectivity index (χ4v) is 3.71. The molecule has 22 heavy (non-hydrogen) atoms. The molecule has 0 aliphatic carbocycles. The molecule has 1 amide bonds. The lowest BCUT2D eigenvalue weighted by atomic mass is 10.1. The number of morpholine rings is 1. The van der Waals surface area contributed by atoms with Gasteiger partial charge in [0, 0.05) is 44.3 Å². The van der Waals surface area contributed by atoms with Gasteiger partial charge in [0.2, 0.25) is 0 Å². The average molecular weight is 311 g/mol. The number of nitrogens with zero attached hydrogens (tertiary/aromatic N) is 2. The van der Waals surface area contributed by atoms with E-state index in [4.69, 9.17) is 9.47 Å². The largest absolute Gasteiger partial charge is 0.444 e. The molecule has 1 N–H and O–H groups in total. The van der Waals surface area contributed by atoms with E-state index in [-0.39, 0.29) is 6.09 Å². The van der Waals surface area contributed by atoms with Crippen LogP contribution in [0.3, 0.4) is 0 Å². The molecule has 0 aromatic carbocycles. The summed E-state index contributed by atoms with van der Waals surface area (Å²) in [5.74, 6) is 0. The topological polar surface area (TPSA) is 54.0 Å². The fourth-order valence-electron chi connectivity index (χ4n) is 3.71. The molecular weight excluding hydrogens is 282 g/mol. The molecule has 6 heteroatoms. The molecule has 3 atom stereocenters. The van der Waals surface area contributed by atoms with E-state index >= 15 is 0 Å². The molecule has 0 saturated carbocycles. The smallest absolute Gasteiger partial charge is 0.410 e. The van der Waals surface area contributed by atoms with Crippen molar-refractivity contribution in [1.29, 1.82) is 0 Å². The van der Waals surface area contributed by atoms with Gasteiger partial charge in [-0.2, -0.15) is 0 Å². The minimum atomic E-state index is -0.430. The van der Waals surface area contributed by atoms with Gasteiger partial charge >= 0.3 is 6.09 Å². The number of hydrogen-bond acceptors (Lipinski definition) is 5. The van der Waals surface area contributed by atoms with Crippen molar-refractivity contribution in [2.75, 3.05) is 39.4 Å². The Morgan fingerprint density at radius 3 is 2.59 bits per heavy atom. The zero-order valence-electron chi connectivity index (χ0n) is 14.0. The van der Waals surface area contributed by atoms with Crippen LogP contribution in [0.5, 0.6) is 0 Å². The Balaban J connectivity index is 1.53. The summed E-state index contributed by atoms with van der Waals surface area (Å²) in [6, 6.07) is 1.46. The van der Waals surface area contributed by atoms with Crippen molar-refractivity contribution in [2.24, 2.45) is 0 Å². The number of ether oxygens (including phenoxy) is 2. The number of piperazine rings is 1. The monoisotopic (exact) mass is 311 g/mol. The maximum absolute atomic E-state index is 12.2. The number of carbonyl (C=O) groups excluding carboxylic acids is 1. The summed E-state index contributed by atoms with van der Waals surface area (Å²) in [7, 11) is 0. The van der Waals surface area contributed by atoms with Gasteiger partial charge in [-0.3, -0.25) is 4.90 Å². The first kappa shape index (κ1) is 16.0. The molecule has 0 aromatic heterocycles. The fraction of sp³-hybridized carbons (Fsp3) is 0.938. The average Bonchev–Trinajstić information content (AvgIpc) is 2.68. The molecular formula is C16H29N3O3. The molecule has 3 fully saturated rings. The Hall–Kier alpha value is -0.850. The van der Waals surface area contributed by atoms with Crippen LogP contribution in [0.15, 0.2) is 0 Å². The van der Waals surface area contributed by atoms with Crippen LogP contribution in [-0.2, 0) is 9.47 Å². The Kier molecular flexibility index (Phi) is 4.61. The quantitative estimate of drug-likeness (QED) is 0.826. The van der Waals surface area contributed by atoms with E-state index in [1.54, 1.807) is 0 Å². The third-order valence-corrected chi connectivity index (χ3v) is 4.73. The Morgan fingerprint density at radius 1 is 1.27 bits per heavy atom. The maximum Gasteiger partial charge on any atom is 0.410 e. The molecule has 3 rings (SSSR count). The molecule has 2 bridgehead atoms. The molecule has 3 saturated heterocycles. The highest BCUT2D eigenvalue weighted by Gasteiger charge is 2.39. The summed E-state index contributed by atoms with van der Waals surface area (Å²) < 4.78 is 11.1. The summed E-state index contributed by atoms with van der Waals surface area (Å²) in [4.78, 5) is 16.7. The van der Waals surface area contributed by atoms with E-state index < -0.39 is 5.60 Å². The first-order valence-corrected chi connectivity index (χ1v) is 8.47. The molecule has 3 aliphatic heterocycles. The number of amides is 1. The molecule has 3 aliphatic rings. The van der Waals surface area contributed by atoms with Crippen molar-refractivity contribution < 1.29 is 14.3 Å². The van der Waals surface area contributed by atoms with Crippen LogP contribution in [0, 0.1) is 0 Å². The summed E-state index contributed by atoms with van der Waals surface area (Å²) in [5.41, 5.74) is -0.430. The van der Waals surface area contributed by atoms with Crippen molar-refractivity contribution in [2.45, 2.75) is 57.3 Å². The van der Waals surface area contributed by atoms with E-state index in [1.807, 2.05) is 25.7 Å². The number of hydrogen-bond donors (Lipinski definition) is 1. The van der Waals surface area contributed by atoms with Crippen LogP contribution in [0.25, 0.3) is 0 Å². The minimum Gasteiger partial charge on any atom is -0.444 e. The van der Waals surface area contributed by atoms with Gasteiger partial charge in [-0.25, -0.2) is 4.79 Å². The van der Waals surface area contributed by atoms with E-state index in [2.05, 4.69) is 10.2 Å². The van der Waals surface area contributed by atoms with Gasteiger partial charge in [-0.15, -0.1) is 0 Å². The van der Waals surface area contributed by atoms with Crippen molar-refractivity contribution in [3.63, 3.8) is 0 Å². The Morgan fingerprint density at radius 2 is 1.95 bits per heavy atom. The lowest BCUT2D eigenvalue weighted by Gasteiger charge is -2.40. The maximum atomic E-state index is 12.2. The second kappa shape index (κ2) is 6.34. The predicted molar refractivity (Wildman–Crippen MR) is 83.9 cm³/mol. The van der Waals surface area contributed by atoms with Gasteiger partial charge in [0.05, 0.1) is 13.2 Å². The van der Waals surface area contributed by atoms with Gasteiger partial charge in [-0.1, -0.05) is 0 Å². The van der Waals surface area contributed by atoms with Gasteiger partial charge < -0.3 is 19.7 Å². The number of nitrogens with one attached hydrogen (secondary N) is 1. The lowest BCUT2D eigenvalue weighted by molar-refractivity contribution is -0.0235. The summed E-state index contributed by atoms with van der Waals surface area (Å²) >= 11 is 0. The van der Waals surface area contributed by atoms with Crippen LogP contribution in [-0.4, -0.2) is 79.0 Å². The van der Waals surface area contributed by atoms with Crippen LogP contribution in [0.2, 0.25) is 0 Å². The molecule has 126 valence electrons. The molecule has 0 spiro atoms. The van der Waals surface area contributed by atoms with Crippen molar-refractivity contribution in [3.05, 3.63) is 0 Å². The van der Waals surface area contributed by atoms with Gasteiger partial charge in [0.1, 0.15) is 5.60 Å². The second-order valence-corrected chi connectivity index (χ2v) is 7.70.